The fourth-order valence-electron chi connectivity index (χ4n) is 4.56. The molecule has 2 aromatic carbocycles. The van der Waals surface area contributed by atoms with E-state index in [0.717, 1.165) is 25.9 Å². The van der Waals surface area contributed by atoms with Crippen LogP contribution in [0.1, 0.15) is 25.8 Å². The molecule has 180 valence electrons. The van der Waals surface area contributed by atoms with E-state index in [2.05, 4.69) is 15.3 Å². The number of rotatable bonds is 6. The number of hydrogen-bond acceptors (Lipinski definition) is 5. The molecule has 0 spiro atoms. The lowest BCUT2D eigenvalue weighted by atomic mass is 10.0. The summed E-state index contributed by atoms with van der Waals surface area (Å²) in [4.78, 5) is 22.4. The molecule has 35 heavy (non-hydrogen) atoms. The lowest BCUT2D eigenvalue weighted by Gasteiger charge is -2.28. The van der Waals surface area contributed by atoms with Crippen molar-refractivity contribution in [3.8, 4) is 34.3 Å². The molecule has 0 unspecified atom stereocenters. The Morgan fingerprint density at radius 3 is 2.51 bits per heavy atom. The number of para-hydroxylation sites is 1. The maximum atomic E-state index is 14.2. The molecule has 5 rings (SSSR count). The van der Waals surface area contributed by atoms with Gasteiger partial charge in [0.05, 0.1) is 23.0 Å². The smallest absolute Gasteiger partial charge is 0.322 e. The fraction of sp³-hybridized carbons (Fsp3) is 0.269. The molecule has 1 aliphatic rings. The third-order valence-corrected chi connectivity index (χ3v) is 6.18. The van der Waals surface area contributed by atoms with Gasteiger partial charge in [-0.1, -0.05) is 24.3 Å². The number of nitrogens with one attached hydrogen (secondary N) is 1. The van der Waals surface area contributed by atoms with Gasteiger partial charge in [0.25, 0.3) is 5.56 Å². The molecule has 0 saturated carbocycles. The summed E-state index contributed by atoms with van der Waals surface area (Å²) in [5.74, 6) is -0.908. The number of benzene rings is 2. The van der Waals surface area contributed by atoms with Gasteiger partial charge in [-0.25, -0.2) is 18.4 Å². The molecule has 3 heterocycles. The molecule has 0 aliphatic carbocycles. The minimum Gasteiger partial charge on any atom is -0.421 e. The van der Waals surface area contributed by atoms with Crippen molar-refractivity contribution in [2.45, 2.75) is 32.4 Å². The van der Waals surface area contributed by atoms with Crippen LogP contribution in [0.2, 0.25) is 0 Å². The van der Waals surface area contributed by atoms with Crippen molar-refractivity contribution in [3.05, 3.63) is 82.8 Å². The summed E-state index contributed by atoms with van der Waals surface area (Å²) < 4.78 is 37.2. The van der Waals surface area contributed by atoms with E-state index in [1.165, 1.54) is 30.5 Å². The number of aromatic nitrogens is 4. The third-order valence-electron chi connectivity index (χ3n) is 6.18. The highest BCUT2D eigenvalue weighted by Gasteiger charge is 2.28. The summed E-state index contributed by atoms with van der Waals surface area (Å²) in [5, 5.41) is 3.36. The van der Waals surface area contributed by atoms with Crippen molar-refractivity contribution < 1.29 is 13.5 Å². The number of piperidine rings is 1. The molecule has 1 N–H and O–H groups in total. The normalized spacial score (nSPS) is 14.3. The molecule has 1 aliphatic heterocycles. The molecule has 9 heteroatoms. The summed E-state index contributed by atoms with van der Waals surface area (Å²) in [6.07, 6.45) is 3.20. The van der Waals surface area contributed by atoms with Crippen LogP contribution < -0.4 is 15.6 Å². The molecule has 7 nitrogen and oxygen atoms in total. The molecule has 4 aromatic rings. The van der Waals surface area contributed by atoms with E-state index in [1.54, 1.807) is 35.0 Å². The van der Waals surface area contributed by atoms with E-state index in [4.69, 9.17) is 4.74 Å². The minimum absolute atomic E-state index is 0.00489. The number of hydrogen-bond donors (Lipinski definition) is 1. The van der Waals surface area contributed by atoms with E-state index < -0.39 is 5.82 Å². The SMILES string of the molecule is CCn1c(=O)c(-c2ccc(F)cc2)c(-c2ccnc(Oc3ccccc3F)n2)n1C1CCNCC1. The Morgan fingerprint density at radius 1 is 1.06 bits per heavy atom. The first-order valence-electron chi connectivity index (χ1n) is 11.6. The van der Waals surface area contributed by atoms with Gasteiger partial charge in [-0.15, -0.1) is 0 Å². The minimum atomic E-state index is -0.530. The molecule has 0 bridgehead atoms. The van der Waals surface area contributed by atoms with Gasteiger partial charge in [0, 0.05) is 12.7 Å². The number of nitrogens with zero attached hydrogens (tertiary/aromatic N) is 4. The number of ether oxygens (including phenoxy) is 1. The average Bonchev–Trinajstić information content (AvgIpc) is 3.18. The lowest BCUT2D eigenvalue weighted by molar-refractivity contribution is 0.302. The quantitative estimate of drug-likeness (QED) is 0.432. The van der Waals surface area contributed by atoms with Gasteiger partial charge < -0.3 is 10.1 Å². The Labute approximate surface area is 201 Å². The molecule has 2 aromatic heterocycles. The molecule has 1 fully saturated rings. The van der Waals surface area contributed by atoms with E-state index in [9.17, 15) is 13.6 Å². The van der Waals surface area contributed by atoms with Crippen LogP contribution in [0.15, 0.2) is 65.6 Å². The van der Waals surface area contributed by atoms with Crippen molar-refractivity contribution in [2.24, 2.45) is 0 Å². The highest BCUT2D eigenvalue weighted by molar-refractivity contribution is 5.79. The lowest BCUT2D eigenvalue weighted by Crippen LogP contribution is -2.34. The standard InChI is InChI=1S/C26H25F2N5O2/c1-2-32-25(34)23(17-7-9-18(27)10-8-17)24(33(32)19-11-14-29-15-12-19)21-13-16-30-26(31-21)35-22-6-4-3-5-20(22)28/h3-10,13,16,19,29H,2,11-12,14-15H2,1H3. The first kappa shape index (κ1) is 22.9. The number of halogens is 2. The van der Waals surface area contributed by atoms with Crippen molar-refractivity contribution in [1.29, 1.82) is 0 Å². The summed E-state index contributed by atoms with van der Waals surface area (Å²) in [6.45, 7) is 4.04. The van der Waals surface area contributed by atoms with Crippen LogP contribution in [0.25, 0.3) is 22.5 Å². The second-order valence-electron chi connectivity index (χ2n) is 8.33. The second-order valence-corrected chi connectivity index (χ2v) is 8.33. The largest absolute Gasteiger partial charge is 0.421 e. The van der Waals surface area contributed by atoms with E-state index >= 15 is 0 Å². The van der Waals surface area contributed by atoms with E-state index in [-0.39, 0.29) is 29.2 Å². The van der Waals surface area contributed by atoms with Crippen LogP contribution in [-0.4, -0.2) is 32.4 Å². The predicted molar refractivity (Wildman–Crippen MR) is 128 cm³/mol. The van der Waals surface area contributed by atoms with Gasteiger partial charge in [0.15, 0.2) is 11.6 Å². The predicted octanol–water partition coefficient (Wildman–Crippen LogP) is 4.79. The highest BCUT2D eigenvalue weighted by atomic mass is 19.1. The zero-order valence-corrected chi connectivity index (χ0v) is 19.2. The monoisotopic (exact) mass is 477 g/mol. The van der Waals surface area contributed by atoms with Crippen LogP contribution in [0.5, 0.6) is 11.8 Å². The van der Waals surface area contributed by atoms with Gasteiger partial charge in [-0.2, -0.15) is 4.98 Å². The Hall–Kier alpha value is -3.85. The van der Waals surface area contributed by atoms with Gasteiger partial charge >= 0.3 is 6.01 Å². The van der Waals surface area contributed by atoms with Crippen LogP contribution in [-0.2, 0) is 6.54 Å². The van der Waals surface area contributed by atoms with Gasteiger partial charge in [0.1, 0.15) is 5.82 Å². The second kappa shape index (κ2) is 9.79. The molecule has 1 saturated heterocycles. The Morgan fingerprint density at radius 2 is 1.80 bits per heavy atom. The maximum Gasteiger partial charge on any atom is 0.322 e. The van der Waals surface area contributed by atoms with E-state index in [1.807, 2.05) is 11.6 Å². The highest BCUT2D eigenvalue weighted by Crippen LogP contribution is 2.35. The summed E-state index contributed by atoms with van der Waals surface area (Å²) in [5.41, 5.74) is 1.92. The third kappa shape index (κ3) is 4.46. The first-order chi connectivity index (χ1) is 17.1. The zero-order valence-electron chi connectivity index (χ0n) is 19.2. The van der Waals surface area contributed by atoms with Crippen LogP contribution in [0.3, 0.4) is 0 Å². The summed E-state index contributed by atoms with van der Waals surface area (Å²) in [6, 6.07) is 13.6. The van der Waals surface area contributed by atoms with Crippen molar-refractivity contribution in [1.82, 2.24) is 24.6 Å². The molecule has 0 radical (unpaired) electrons. The summed E-state index contributed by atoms with van der Waals surface area (Å²) in [7, 11) is 0. The Bertz CT molecular complexity index is 1390. The average molecular weight is 478 g/mol. The topological polar surface area (TPSA) is 74.0 Å². The zero-order chi connectivity index (χ0) is 24.4. The first-order valence-corrected chi connectivity index (χ1v) is 11.6. The summed E-state index contributed by atoms with van der Waals surface area (Å²) >= 11 is 0. The van der Waals surface area contributed by atoms with Crippen molar-refractivity contribution in [2.75, 3.05) is 13.1 Å². The Balaban J connectivity index is 1.70. The van der Waals surface area contributed by atoms with Crippen LogP contribution in [0.4, 0.5) is 8.78 Å². The van der Waals surface area contributed by atoms with Gasteiger partial charge in [-0.3, -0.25) is 9.48 Å². The van der Waals surface area contributed by atoms with Crippen molar-refractivity contribution >= 4 is 0 Å². The molecule has 0 amide bonds. The maximum absolute atomic E-state index is 14.2. The fourth-order valence-corrected chi connectivity index (χ4v) is 4.56. The Kier molecular flexibility index (Phi) is 6.41. The molecular formula is C26H25F2N5O2. The van der Waals surface area contributed by atoms with Crippen LogP contribution in [0, 0.1) is 11.6 Å². The van der Waals surface area contributed by atoms with Gasteiger partial charge in [-0.05, 0) is 68.8 Å². The molecular weight excluding hydrogens is 452 g/mol. The van der Waals surface area contributed by atoms with Crippen molar-refractivity contribution in [3.63, 3.8) is 0 Å². The van der Waals surface area contributed by atoms with E-state index in [0.29, 0.717) is 29.1 Å². The van der Waals surface area contributed by atoms with Crippen LogP contribution >= 0.6 is 0 Å². The van der Waals surface area contributed by atoms with Gasteiger partial charge in [0.2, 0.25) is 0 Å². The molecule has 0 atom stereocenters.